The van der Waals surface area contributed by atoms with Gasteiger partial charge in [-0.2, -0.15) is 0 Å². The second-order valence-electron chi connectivity index (χ2n) is 6.32. The number of nitrogens with one attached hydrogen (secondary N) is 1. The van der Waals surface area contributed by atoms with Gasteiger partial charge in [0, 0.05) is 10.3 Å². The summed E-state index contributed by atoms with van der Waals surface area (Å²) in [6, 6.07) is 8.40. The Hall–Kier alpha value is -1.92. The molecule has 6 heteroatoms. The largest absolute Gasteiger partial charge is 0.349 e. The van der Waals surface area contributed by atoms with Crippen molar-refractivity contribution in [3.63, 3.8) is 0 Å². The van der Waals surface area contributed by atoms with Gasteiger partial charge in [-0.1, -0.05) is 43.0 Å². The lowest BCUT2D eigenvalue weighted by Gasteiger charge is -2.14. The Balaban J connectivity index is 1.64. The highest BCUT2D eigenvalue weighted by molar-refractivity contribution is 8.00. The summed E-state index contributed by atoms with van der Waals surface area (Å²) in [5, 5.41) is 5.03. The molecule has 0 fully saturated rings. The number of rotatable bonds is 6. The highest BCUT2D eigenvalue weighted by Gasteiger charge is 2.15. The number of benzene rings is 1. The molecule has 3 rings (SSSR count). The van der Waals surface area contributed by atoms with Gasteiger partial charge in [0.15, 0.2) is 0 Å². The molecule has 1 amide bonds. The fourth-order valence-corrected chi connectivity index (χ4v) is 4.73. The number of aryl methyl sites for hydroxylation is 3. The molecule has 0 unspecified atom stereocenters. The van der Waals surface area contributed by atoms with Crippen LogP contribution >= 0.6 is 23.1 Å². The predicted octanol–water partition coefficient (Wildman–Crippen LogP) is 4.84. The van der Waals surface area contributed by atoms with Gasteiger partial charge in [-0.25, -0.2) is 9.97 Å². The van der Waals surface area contributed by atoms with E-state index in [1.165, 1.54) is 27.8 Å². The summed E-state index contributed by atoms with van der Waals surface area (Å²) < 4.78 is 0. The van der Waals surface area contributed by atoms with Gasteiger partial charge in [0.1, 0.15) is 16.2 Å². The van der Waals surface area contributed by atoms with Gasteiger partial charge in [-0.05, 0) is 43.9 Å². The van der Waals surface area contributed by atoms with Crippen LogP contribution in [0.3, 0.4) is 0 Å². The van der Waals surface area contributed by atoms with E-state index in [1.54, 1.807) is 17.7 Å². The molecule has 1 N–H and O–H groups in total. The van der Waals surface area contributed by atoms with Crippen LogP contribution in [0.5, 0.6) is 0 Å². The number of aromatic nitrogens is 2. The number of thiophene rings is 1. The minimum absolute atomic E-state index is 0.00967. The Morgan fingerprint density at radius 1 is 1.23 bits per heavy atom. The fourth-order valence-electron chi connectivity index (χ4n) is 2.80. The first-order valence-corrected chi connectivity index (χ1v) is 10.5. The Morgan fingerprint density at radius 2 is 1.96 bits per heavy atom. The SMILES string of the molecule is CCc1ccc([C@@H](C)NC(=O)CSc2ncnc3sc(C)c(C)c23)cc1. The van der Waals surface area contributed by atoms with Gasteiger partial charge in [0.2, 0.25) is 5.91 Å². The molecule has 2 heterocycles. The zero-order chi connectivity index (χ0) is 18.7. The topological polar surface area (TPSA) is 54.9 Å². The van der Waals surface area contributed by atoms with Gasteiger partial charge >= 0.3 is 0 Å². The van der Waals surface area contributed by atoms with Gasteiger partial charge in [-0.3, -0.25) is 4.79 Å². The van der Waals surface area contributed by atoms with Gasteiger partial charge in [0.05, 0.1) is 11.8 Å². The second-order valence-corrected chi connectivity index (χ2v) is 8.48. The van der Waals surface area contributed by atoms with Crippen molar-refractivity contribution in [2.75, 3.05) is 5.75 Å². The molecule has 1 atom stereocenters. The minimum Gasteiger partial charge on any atom is -0.349 e. The van der Waals surface area contributed by atoms with E-state index in [9.17, 15) is 4.79 Å². The zero-order valence-corrected chi connectivity index (χ0v) is 17.1. The Labute approximate surface area is 162 Å². The lowest BCUT2D eigenvalue weighted by molar-refractivity contribution is -0.119. The number of carbonyl (C=O) groups excluding carboxylic acids is 1. The molecular weight excluding hydrogens is 362 g/mol. The summed E-state index contributed by atoms with van der Waals surface area (Å²) >= 11 is 3.15. The van der Waals surface area contributed by atoms with Crippen LogP contribution < -0.4 is 5.32 Å². The molecule has 136 valence electrons. The van der Waals surface area contributed by atoms with E-state index in [-0.39, 0.29) is 11.9 Å². The van der Waals surface area contributed by atoms with E-state index in [0.717, 1.165) is 27.2 Å². The van der Waals surface area contributed by atoms with E-state index in [1.807, 2.05) is 6.92 Å². The van der Waals surface area contributed by atoms with Gasteiger partial charge in [0.25, 0.3) is 0 Å². The number of hydrogen-bond acceptors (Lipinski definition) is 5. The lowest BCUT2D eigenvalue weighted by atomic mass is 10.1. The number of thioether (sulfide) groups is 1. The third kappa shape index (κ3) is 4.07. The van der Waals surface area contributed by atoms with Crippen LogP contribution in [0.15, 0.2) is 35.6 Å². The van der Waals surface area contributed by atoms with Crippen LogP contribution in [0.4, 0.5) is 0 Å². The van der Waals surface area contributed by atoms with Crippen LogP contribution in [0, 0.1) is 13.8 Å². The van der Waals surface area contributed by atoms with E-state index in [0.29, 0.717) is 5.75 Å². The average molecular weight is 386 g/mol. The van der Waals surface area contributed by atoms with Crippen molar-refractivity contribution in [3.05, 3.63) is 52.2 Å². The van der Waals surface area contributed by atoms with Crippen molar-refractivity contribution in [2.45, 2.75) is 45.2 Å². The first kappa shape index (κ1) is 18.9. The standard InChI is InChI=1S/C20H23N3OS2/c1-5-15-6-8-16(9-7-15)13(3)23-17(24)10-25-19-18-12(2)14(4)26-20(18)22-11-21-19/h6-9,11,13H,5,10H2,1-4H3,(H,23,24)/t13-/m1/s1. The van der Waals surface area contributed by atoms with E-state index in [4.69, 9.17) is 0 Å². The Kier molecular flexibility index (Phi) is 5.94. The molecule has 0 bridgehead atoms. The summed E-state index contributed by atoms with van der Waals surface area (Å²) in [7, 11) is 0. The molecule has 0 aliphatic heterocycles. The van der Waals surface area contributed by atoms with Gasteiger partial charge in [-0.15, -0.1) is 11.3 Å². The fraction of sp³-hybridized carbons (Fsp3) is 0.350. The van der Waals surface area contributed by atoms with Crippen LogP contribution in [0.25, 0.3) is 10.2 Å². The number of hydrogen-bond donors (Lipinski definition) is 1. The second kappa shape index (κ2) is 8.18. The first-order valence-electron chi connectivity index (χ1n) is 8.71. The predicted molar refractivity (Wildman–Crippen MR) is 110 cm³/mol. The number of fused-ring (bicyclic) bond motifs is 1. The van der Waals surface area contributed by atoms with Crippen LogP contribution in [-0.4, -0.2) is 21.6 Å². The Bertz CT molecular complexity index is 919. The molecule has 0 spiro atoms. The zero-order valence-electron chi connectivity index (χ0n) is 15.5. The molecule has 0 aliphatic carbocycles. The smallest absolute Gasteiger partial charge is 0.230 e. The number of amides is 1. The summed E-state index contributed by atoms with van der Waals surface area (Å²) in [5.41, 5.74) is 3.63. The van der Waals surface area contributed by atoms with Crippen molar-refractivity contribution < 1.29 is 4.79 Å². The average Bonchev–Trinajstić information content (AvgIpc) is 2.94. The summed E-state index contributed by atoms with van der Waals surface area (Å²) in [6.45, 7) is 8.33. The van der Waals surface area contributed by atoms with Crippen molar-refractivity contribution in [1.29, 1.82) is 0 Å². The monoisotopic (exact) mass is 385 g/mol. The molecule has 1 aromatic carbocycles. The third-order valence-electron chi connectivity index (χ3n) is 4.54. The maximum atomic E-state index is 12.4. The third-order valence-corrected chi connectivity index (χ3v) is 6.64. The molecule has 0 aliphatic rings. The first-order chi connectivity index (χ1) is 12.5. The summed E-state index contributed by atoms with van der Waals surface area (Å²) in [6.07, 6.45) is 2.60. The maximum Gasteiger partial charge on any atom is 0.230 e. The van der Waals surface area contributed by atoms with E-state index < -0.39 is 0 Å². The molecular formula is C20H23N3OS2. The van der Waals surface area contributed by atoms with Crippen molar-refractivity contribution in [1.82, 2.24) is 15.3 Å². The molecule has 0 saturated heterocycles. The summed E-state index contributed by atoms with van der Waals surface area (Å²) in [4.78, 5) is 23.3. The Morgan fingerprint density at radius 3 is 2.65 bits per heavy atom. The van der Waals surface area contributed by atoms with Crippen LogP contribution in [0.1, 0.15) is 41.5 Å². The normalized spacial score (nSPS) is 12.3. The minimum atomic E-state index is -0.00967. The van der Waals surface area contributed by atoms with E-state index >= 15 is 0 Å². The molecule has 3 aromatic rings. The molecule has 2 aromatic heterocycles. The van der Waals surface area contributed by atoms with Crippen molar-refractivity contribution >= 4 is 39.2 Å². The highest BCUT2D eigenvalue weighted by atomic mass is 32.2. The number of carbonyl (C=O) groups is 1. The van der Waals surface area contributed by atoms with Crippen LogP contribution in [0.2, 0.25) is 0 Å². The quantitative estimate of drug-likeness (QED) is 0.487. The number of nitrogens with zero attached hydrogens (tertiary/aromatic N) is 2. The van der Waals surface area contributed by atoms with Gasteiger partial charge < -0.3 is 5.32 Å². The van der Waals surface area contributed by atoms with Crippen molar-refractivity contribution in [3.8, 4) is 0 Å². The highest BCUT2D eigenvalue weighted by Crippen LogP contribution is 2.34. The maximum absolute atomic E-state index is 12.4. The summed E-state index contributed by atoms with van der Waals surface area (Å²) in [5.74, 6) is 0.358. The molecule has 26 heavy (non-hydrogen) atoms. The molecule has 4 nitrogen and oxygen atoms in total. The van der Waals surface area contributed by atoms with E-state index in [2.05, 4.69) is 60.3 Å². The van der Waals surface area contributed by atoms with Crippen LogP contribution in [-0.2, 0) is 11.2 Å². The molecule has 0 saturated carbocycles. The lowest BCUT2D eigenvalue weighted by Crippen LogP contribution is -2.28. The van der Waals surface area contributed by atoms with Crippen molar-refractivity contribution in [2.24, 2.45) is 0 Å². The molecule has 0 radical (unpaired) electrons.